The number of ether oxygens (including phenoxy) is 1. The second kappa shape index (κ2) is 7.75. The molecule has 1 amide bonds. The number of hydrogen-bond donors (Lipinski definition) is 2. The summed E-state index contributed by atoms with van der Waals surface area (Å²) >= 11 is 0. The molecule has 1 aliphatic carbocycles. The molecule has 1 saturated carbocycles. The SMILES string of the molecule is Cl.O=C(CC1CC2CCC(C1)N2)Nc1ccccc1OCC1CC1. The Hall–Kier alpha value is -1.26. The number of fused-ring (bicyclic) bond motifs is 2. The summed E-state index contributed by atoms with van der Waals surface area (Å²) < 4.78 is 5.87. The summed E-state index contributed by atoms with van der Waals surface area (Å²) in [6.45, 7) is 0.768. The van der Waals surface area contributed by atoms with Gasteiger partial charge in [-0.25, -0.2) is 0 Å². The van der Waals surface area contributed by atoms with Crippen LogP contribution in [-0.4, -0.2) is 24.6 Å². The van der Waals surface area contributed by atoms with Crippen molar-refractivity contribution in [1.82, 2.24) is 5.32 Å². The Labute approximate surface area is 150 Å². The van der Waals surface area contributed by atoms with E-state index in [1.807, 2.05) is 24.3 Å². The van der Waals surface area contributed by atoms with Gasteiger partial charge >= 0.3 is 0 Å². The van der Waals surface area contributed by atoms with Crippen LogP contribution < -0.4 is 15.4 Å². The topological polar surface area (TPSA) is 50.4 Å². The Morgan fingerprint density at radius 3 is 2.50 bits per heavy atom. The number of para-hydroxylation sites is 2. The summed E-state index contributed by atoms with van der Waals surface area (Å²) in [5.74, 6) is 2.16. The molecule has 2 bridgehead atoms. The van der Waals surface area contributed by atoms with Crippen LogP contribution >= 0.6 is 12.4 Å². The molecule has 1 aromatic rings. The second-order valence-electron chi connectivity index (χ2n) is 7.48. The van der Waals surface area contributed by atoms with E-state index in [-0.39, 0.29) is 18.3 Å². The van der Waals surface area contributed by atoms with Gasteiger partial charge in [-0.2, -0.15) is 0 Å². The van der Waals surface area contributed by atoms with E-state index in [1.165, 1.54) is 25.7 Å². The smallest absolute Gasteiger partial charge is 0.224 e. The predicted octanol–water partition coefficient (Wildman–Crippen LogP) is 3.76. The summed E-state index contributed by atoms with van der Waals surface area (Å²) in [5, 5.41) is 6.70. The minimum atomic E-state index is 0. The molecule has 2 atom stereocenters. The van der Waals surface area contributed by atoms with E-state index >= 15 is 0 Å². The molecule has 1 aromatic carbocycles. The van der Waals surface area contributed by atoms with Gasteiger partial charge in [0.1, 0.15) is 5.75 Å². The van der Waals surface area contributed by atoms with Gasteiger partial charge in [0.05, 0.1) is 12.3 Å². The molecule has 2 heterocycles. The predicted molar refractivity (Wildman–Crippen MR) is 97.8 cm³/mol. The summed E-state index contributed by atoms with van der Waals surface area (Å²) in [4.78, 5) is 12.4. The Bertz CT molecular complexity index is 564. The van der Waals surface area contributed by atoms with Gasteiger partial charge < -0.3 is 15.4 Å². The molecule has 3 aliphatic rings. The van der Waals surface area contributed by atoms with Crippen LogP contribution in [0.1, 0.15) is 44.9 Å². The molecular formula is C19H27ClN2O2. The van der Waals surface area contributed by atoms with Crippen molar-refractivity contribution in [2.45, 2.75) is 57.0 Å². The maximum absolute atomic E-state index is 12.4. The Kier molecular flexibility index (Phi) is 5.67. The third-order valence-corrected chi connectivity index (χ3v) is 5.38. The molecular weight excluding hydrogens is 324 g/mol. The minimum absolute atomic E-state index is 0. The zero-order chi connectivity index (χ0) is 15.6. The summed E-state index contributed by atoms with van der Waals surface area (Å²) in [6.07, 6.45) is 8.01. The molecule has 0 radical (unpaired) electrons. The number of hydrogen-bond acceptors (Lipinski definition) is 3. The fourth-order valence-electron chi connectivity index (χ4n) is 3.99. The average Bonchev–Trinajstić information content (AvgIpc) is 3.30. The lowest BCUT2D eigenvalue weighted by Gasteiger charge is -2.28. The lowest BCUT2D eigenvalue weighted by molar-refractivity contribution is -0.117. The number of anilines is 1. The number of rotatable bonds is 6. The largest absolute Gasteiger partial charge is 0.491 e. The summed E-state index contributed by atoms with van der Waals surface area (Å²) in [5.41, 5.74) is 0.815. The number of nitrogens with one attached hydrogen (secondary N) is 2. The monoisotopic (exact) mass is 350 g/mol. The molecule has 2 unspecified atom stereocenters. The fourth-order valence-corrected chi connectivity index (χ4v) is 3.99. The summed E-state index contributed by atoms with van der Waals surface area (Å²) in [6, 6.07) is 9.07. The van der Waals surface area contributed by atoms with Crippen molar-refractivity contribution in [3.05, 3.63) is 24.3 Å². The van der Waals surface area contributed by atoms with Gasteiger partial charge in [-0.05, 0) is 62.5 Å². The van der Waals surface area contributed by atoms with Crippen LogP contribution in [0, 0.1) is 11.8 Å². The number of amides is 1. The van der Waals surface area contributed by atoms with Crippen LogP contribution in [0.3, 0.4) is 0 Å². The Morgan fingerprint density at radius 2 is 1.79 bits per heavy atom. The molecule has 2 saturated heterocycles. The maximum Gasteiger partial charge on any atom is 0.224 e. The maximum atomic E-state index is 12.4. The van der Waals surface area contributed by atoms with Gasteiger partial charge in [0, 0.05) is 18.5 Å². The van der Waals surface area contributed by atoms with Crippen LogP contribution in [0.2, 0.25) is 0 Å². The first-order valence-electron chi connectivity index (χ1n) is 9.04. The molecule has 5 heteroatoms. The van der Waals surface area contributed by atoms with Crippen LogP contribution in [0.5, 0.6) is 5.75 Å². The van der Waals surface area contributed by atoms with E-state index in [0.717, 1.165) is 30.9 Å². The van der Waals surface area contributed by atoms with Gasteiger partial charge in [0.15, 0.2) is 0 Å². The van der Waals surface area contributed by atoms with E-state index in [4.69, 9.17) is 4.74 Å². The minimum Gasteiger partial charge on any atom is -0.491 e. The third-order valence-electron chi connectivity index (χ3n) is 5.38. The van der Waals surface area contributed by atoms with Crippen LogP contribution in [-0.2, 0) is 4.79 Å². The molecule has 132 valence electrons. The Morgan fingerprint density at radius 1 is 1.08 bits per heavy atom. The first kappa shape index (κ1) is 17.6. The second-order valence-corrected chi connectivity index (χ2v) is 7.48. The highest BCUT2D eigenvalue weighted by atomic mass is 35.5. The Balaban J connectivity index is 0.00000169. The number of piperidine rings is 1. The highest BCUT2D eigenvalue weighted by Crippen LogP contribution is 2.34. The highest BCUT2D eigenvalue weighted by molar-refractivity contribution is 5.92. The zero-order valence-electron chi connectivity index (χ0n) is 14.0. The molecule has 2 aliphatic heterocycles. The van der Waals surface area contributed by atoms with Gasteiger partial charge in [-0.3, -0.25) is 4.79 Å². The van der Waals surface area contributed by atoms with E-state index < -0.39 is 0 Å². The molecule has 2 N–H and O–H groups in total. The van der Waals surface area contributed by atoms with Crippen LogP contribution in [0.15, 0.2) is 24.3 Å². The van der Waals surface area contributed by atoms with Crippen molar-refractivity contribution >= 4 is 24.0 Å². The number of carbonyl (C=O) groups excluding carboxylic acids is 1. The van der Waals surface area contributed by atoms with Crippen molar-refractivity contribution in [3.63, 3.8) is 0 Å². The van der Waals surface area contributed by atoms with E-state index in [2.05, 4.69) is 10.6 Å². The lowest BCUT2D eigenvalue weighted by atomic mass is 9.89. The molecule has 24 heavy (non-hydrogen) atoms. The fraction of sp³-hybridized carbons (Fsp3) is 0.632. The molecule has 4 rings (SSSR count). The number of benzene rings is 1. The van der Waals surface area contributed by atoms with E-state index in [9.17, 15) is 4.79 Å². The molecule has 3 fully saturated rings. The molecule has 4 nitrogen and oxygen atoms in total. The average molecular weight is 351 g/mol. The van der Waals surface area contributed by atoms with Crippen molar-refractivity contribution in [2.75, 3.05) is 11.9 Å². The van der Waals surface area contributed by atoms with E-state index in [0.29, 0.717) is 30.3 Å². The van der Waals surface area contributed by atoms with Crippen molar-refractivity contribution in [3.8, 4) is 5.75 Å². The highest BCUT2D eigenvalue weighted by Gasteiger charge is 2.34. The van der Waals surface area contributed by atoms with Crippen molar-refractivity contribution in [1.29, 1.82) is 0 Å². The van der Waals surface area contributed by atoms with Crippen molar-refractivity contribution < 1.29 is 9.53 Å². The van der Waals surface area contributed by atoms with Crippen LogP contribution in [0.25, 0.3) is 0 Å². The molecule has 0 aromatic heterocycles. The lowest BCUT2D eigenvalue weighted by Crippen LogP contribution is -2.39. The van der Waals surface area contributed by atoms with Gasteiger partial charge in [0.25, 0.3) is 0 Å². The number of halogens is 1. The van der Waals surface area contributed by atoms with Gasteiger partial charge in [-0.1, -0.05) is 12.1 Å². The number of carbonyl (C=O) groups is 1. The zero-order valence-corrected chi connectivity index (χ0v) is 14.8. The van der Waals surface area contributed by atoms with Crippen molar-refractivity contribution in [2.24, 2.45) is 11.8 Å². The van der Waals surface area contributed by atoms with Gasteiger partial charge in [0.2, 0.25) is 5.91 Å². The normalized spacial score (nSPS) is 28.1. The molecule has 0 spiro atoms. The first-order chi connectivity index (χ1) is 11.3. The van der Waals surface area contributed by atoms with Crippen LogP contribution in [0.4, 0.5) is 5.69 Å². The first-order valence-corrected chi connectivity index (χ1v) is 9.04. The van der Waals surface area contributed by atoms with Gasteiger partial charge in [-0.15, -0.1) is 12.4 Å². The quantitative estimate of drug-likeness (QED) is 0.821. The summed E-state index contributed by atoms with van der Waals surface area (Å²) in [7, 11) is 0. The standard InChI is InChI=1S/C19H26N2O2.ClH/c22-19(11-14-9-15-7-8-16(10-14)20-15)21-17-3-1-2-4-18(17)23-12-13-5-6-13;/h1-4,13-16,20H,5-12H2,(H,21,22);1H. The van der Waals surface area contributed by atoms with E-state index in [1.54, 1.807) is 0 Å². The third kappa shape index (κ3) is 4.42.